The topological polar surface area (TPSA) is 18.5 Å². The summed E-state index contributed by atoms with van der Waals surface area (Å²) in [4.78, 5) is 0. The molecule has 0 amide bonds. The number of hydrogen-bond acceptors (Lipinski definition) is 2. The number of ether oxygens (including phenoxy) is 2. The maximum absolute atomic E-state index is 6.73. The van der Waals surface area contributed by atoms with Gasteiger partial charge >= 0.3 is 0 Å². The molecule has 0 aliphatic carbocycles. The van der Waals surface area contributed by atoms with Crippen LogP contribution in [0, 0.1) is 0 Å². The molecule has 202 valence electrons. The standard InChI is InChI=1S/C29H61O2P.ClH/c1-4-7-10-13-16-19-22-29(31-26-25-30-27-28-32,23-20-17-14-11-8-5-2)24-21-18-15-12-9-6-3;/h4-28,32H2,1-3H3;1H. The van der Waals surface area contributed by atoms with Gasteiger partial charge in [-0.2, -0.15) is 0 Å². The van der Waals surface area contributed by atoms with Crippen LogP contribution >= 0.6 is 21.6 Å². The molecule has 0 radical (unpaired) electrons. The second kappa shape index (κ2) is 28.9. The Morgan fingerprint density at radius 1 is 0.485 bits per heavy atom. The van der Waals surface area contributed by atoms with E-state index in [9.17, 15) is 0 Å². The minimum Gasteiger partial charge on any atom is -0.379 e. The van der Waals surface area contributed by atoms with Crippen LogP contribution in [0.1, 0.15) is 156 Å². The molecule has 0 saturated carbocycles. The predicted octanol–water partition coefficient (Wildman–Crippen LogP) is 10.3. The van der Waals surface area contributed by atoms with E-state index in [-0.39, 0.29) is 18.0 Å². The van der Waals surface area contributed by atoms with E-state index in [0.29, 0.717) is 0 Å². The largest absolute Gasteiger partial charge is 0.379 e. The first-order valence-corrected chi connectivity index (χ1v) is 15.5. The van der Waals surface area contributed by atoms with Crippen molar-refractivity contribution in [1.29, 1.82) is 0 Å². The second-order valence-electron chi connectivity index (χ2n) is 9.99. The summed E-state index contributed by atoms with van der Waals surface area (Å²) in [5.74, 6) is 0. The van der Waals surface area contributed by atoms with E-state index in [2.05, 4.69) is 30.0 Å². The summed E-state index contributed by atoms with van der Waals surface area (Å²) >= 11 is 0. The molecule has 4 heteroatoms. The van der Waals surface area contributed by atoms with Crippen molar-refractivity contribution in [2.45, 2.75) is 161 Å². The lowest BCUT2D eigenvalue weighted by Crippen LogP contribution is -2.34. The molecule has 0 rings (SSSR count). The van der Waals surface area contributed by atoms with E-state index >= 15 is 0 Å². The Kier molecular flexibility index (Phi) is 31.3. The molecule has 1 unspecified atom stereocenters. The summed E-state index contributed by atoms with van der Waals surface area (Å²) in [5.41, 5.74) is 0.102. The van der Waals surface area contributed by atoms with Crippen LogP contribution in [0.15, 0.2) is 0 Å². The maximum atomic E-state index is 6.73. The van der Waals surface area contributed by atoms with Crippen molar-refractivity contribution in [1.82, 2.24) is 0 Å². The number of hydrogen-bond donors (Lipinski definition) is 0. The van der Waals surface area contributed by atoms with Gasteiger partial charge in [0, 0.05) is 0 Å². The second-order valence-corrected chi connectivity index (χ2v) is 10.6. The Balaban J connectivity index is 0. The molecule has 0 saturated heterocycles. The van der Waals surface area contributed by atoms with Gasteiger partial charge in [-0.25, -0.2) is 0 Å². The lowest BCUT2D eigenvalue weighted by Gasteiger charge is -2.35. The summed E-state index contributed by atoms with van der Waals surface area (Å²) in [7, 11) is 2.75. The van der Waals surface area contributed by atoms with Crippen LogP contribution in [-0.4, -0.2) is 31.6 Å². The smallest absolute Gasteiger partial charge is 0.0708 e. The SMILES string of the molecule is CCCCCCCCC(CCCCCCCC)(CCCCCCCC)OCCOCCP.Cl. The van der Waals surface area contributed by atoms with Gasteiger partial charge in [0.25, 0.3) is 0 Å². The Morgan fingerprint density at radius 2 is 0.848 bits per heavy atom. The van der Waals surface area contributed by atoms with Crippen molar-refractivity contribution in [2.24, 2.45) is 0 Å². The van der Waals surface area contributed by atoms with Crippen LogP contribution in [0.25, 0.3) is 0 Å². The minimum atomic E-state index is 0. The average molecular weight is 509 g/mol. The predicted molar refractivity (Wildman–Crippen MR) is 155 cm³/mol. The van der Waals surface area contributed by atoms with Crippen molar-refractivity contribution in [2.75, 3.05) is 26.0 Å². The molecule has 0 aromatic rings. The van der Waals surface area contributed by atoms with Gasteiger partial charge in [-0.1, -0.05) is 136 Å². The Hall–Kier alpha value is 0.640. The molecule has 0 aromatic carbocycles. The molecule has 0 N–H and O–H groups in total. The molecule has 0 aliphatic rings. The number of halogens is 1. The third-order valence-electron chi connectivity index (χ3n) is 6.86. The zero-order chi connectivity index (χ0) is 23.6. The zero-order valence-corrected chi connectivity index (χ0v) is 25.0. The van der Waals surface area contributed by atoms with E-state index in [4.69, 9.17) is 9.47 Å². The van der Waals surface area contributed by atoms with Crippen LogP contribution in [0.4, 0.5) is 0 Å². The maximum Gasteiger partial charge on any atom is 0.0708 e. The van der Waals surface area contributed by atoms with Crippen LogP contribution in [-0.2, 0) is 9.47 Å². The lowest BCUT2D eigenvalue weighted by atomic mass is 9.84. The van der Waals surface area contributed by atoms with Crippen molar-refractivity contribution in [3.8, 4) is 0 Å². The molecule has 0 aromatic heterocycles. The van der Waals surface area contributed by atoms with Gasteiger partial charge < -0.3 is 9.47 Å². The van der Waals surface area contributed by atoms with Crippen LogP contribution < -0.4 is 0 Å². The summed E-state index contributed by atoms with van der Waals surface area (Å²) in [6, 6.07) is 0. The fourth-order valence-electron chi connectivity index (χ4n) is 4.78. The Morgan fingerprint density at radius 3 is 1.21 bits per heavy atom. The lowest BCUT2D eigenvalue weighted by molar-refractivity contribution is -0.0852. The summed E-state index contributed by atoms with van der Waals surface area (Å²) in [6.45, 7) is 9.26. The van der Waals surface area contributed by atoms with Gasteiger partial charge in [-0.05, 0) is 25.4 Å². The van der Waals surface area contributed by atoms with E-state index in [1.54, 1.807) is 0 Å². The first kappa shape index (κ1) is 35.8. The fraction of sp³-hybridized carbons (Fsp3) is 1.00. The van der Waals surface area contributed by atoms with E-state index in [0.717, 1.165) is 26.0 Å². The molecule has 2 nitrogen and oxygen atoms in total. The van der Waals surface area contributed by atoms with Crippen molar-refractivity contribution in [3.05, 3.63) is 0 Å². The highest BCUT2D eigenvalue weighted by Crippen LogP contribution is 2.33. The van der Waals surface area contributed by atoms with Crippen molar-refractivity contribution >= 4 is 21.6 Å². The fourth-order valence-corrected chi connectivity index (χ4v) is 4.94. The third kappa shape index (κ3) is 24.1. The molecule has 0 fully saturated rings. The summed E-state index contributed by atoms with van der Waals surface area (Å²) in [6.07, 6.45) is 29.5. The number of unbranched alkanes of at least 4 members (excludes halogenated alkanes) is 15. The van der Waals surface area contributed by atoms with Crippen molar-refractivity contribution in [3.63, 3.8) is 0 Å². The molecule has 0 bridgehead atoms. The van der Waals surface area contributed by atoms with E-state index in [1.165, 1.54) is 135 Å². The molecule has 0 aliphatic heterocycles. The molecule has 33 heavy (non-hydrogen) atoms. The molecular weight excluding hydrogens is 447 g/mol. The van der Waals surface area contributed by atoms with Crippen molar-refractivity contribution < 1.29 is 9.47 Å². The summed E-state index contributed by atoms with van der Waals surface area (Å²) in [5, 5.41) is 0. The Labute approximate surface area is 218 Å². The normalized spacial score (nSPS) is 11.6. The Bertz CT molecular complexity index is 314. The van der Waals surface area contributed by atoms with E-state index in [1.807, 2.05) is 0 Å². The monoisotopic (exact) mass is 508 g/mol. The third-order valence-corrected chi connectivity index (χ3v) is 7.09. The average Bonchev–Trinajstić information content (AvgIpc) is 2.80. The molecule has 0 spiro atoms. The summed E-state index contributed by atoms with van der Waals surface area (Å²) < 4.78 is 12.5. The highest BCUT2D eigenvalue weighted by Gasteiger charge is 2.29. The van der Waals surface area contributed by atoms with Gasteiger partial charge in [0.05, 0.1) is 25.4 Å². The molecule has 1 atom stereocenters. The minimum absolute atomic E-state index is 0. The van der Waals surface area contributed by atoms with Crippen LogP contribution in [0.3, 0.4) is 0 Å². The van der Waals surface area contributed by atoms with Crippen LogP contribution in [0.5, 0.6) is 0 Å². The van der Waals surface area contributed by atoms with Gasteiger partial charge in [0.15, 0.2) is 0 Å². The van der Waals surface area contributed by atoms with Gasteiger partial charge in [-0.15, -0.1) is 21.6 Å². The quantitative estimate of drug-likeness (QED) is 0.0810. The zero-order valence-electron chi connectivity index (χ0n) is 23.0. The first-order valence-electron chi connectivity index (χ1n) is 14.7. The van der Waals surface area contributed by atoms with E-state index < -0.39 is 0 Å². The number of rotatable bonds is 27. The van der Waals surface area contributed by atoms with Gasteiger partial charge in [0.1, 0.15) is 0 Å². The van der Waals surface area contributed by atoms with Gasteiger partial charge in [-0.3, -0.25) is 0 Å². The molecule has 0 heterocycles. The molecular formula is C29H62ClO2P. The van der Waals surface area contributed by atoms with Gasteiger partial charge in [0.2, 0.25) is 0 Å². The highest BCUT2D eigenvalue weighted by atomic mass is 35.5. The highest BCUT2D eigenvalue weighted by molar-refractivity contribution is 7.16. The van der Waals surface area contributed by atoms with Crippen LogP contribution in [0.2, 0.25) is 0 Å². The first-order chi connectivity index (χ1) is 15.7.